The Morgan fingerprint density at radius 3 is 2.57 bits per heavy atom. The molecular formula is C17H11Cl2NO3. The number of hydrogen-bond acceptors (Lipinski definition) is 3. The quantitative estimate of drug-likeness (QED) is 0.727. The molecule has 0 saturated carbocycles. The highest BCUT2D eigenvalue weighted by Gasteiger charge is 2.15. The van der Waals surface area contributed by atoms with E-state index in [1.807, 2.05) is 6.07 Å². The van der Waals surface area contributed by atoms with Crippen molar-refractivity contribution in [2.75, 3.05) is 0 Å². The highest BCUT2D eigenvalue weighted by molar-refractivity contribution is 6.34. The molecule has 0 spiro atoms. The summed E-state index contributed by atoms with van der Waals surface area (Å²) in [4.78, 5) is 24.2. The fourth-order valence-corrected chi connectivity index (χ4v) is 2.60. The summed E-state index contributed by atoms with van der Waals surface area (Å²) < 4.78 is 5.15. The minimum atomic E-state index is -0.734. The Balaban J connectivity index is 1.88. The first-order valence-electron chi connectivity index (χ1n) is 6.80. The van der Waals surface area contributed by atoms with Crippen LogP contribution in [0.1, 0.15) is 15.9 Å². The zero-order chi connectivity index (χ0) is 16.4. The standard InChI is InChI=1S/C17H11Cl2NO3/c18-13-6-2-1-4-11(13)9-20-16(21)12-8-10-5-3-7-14(19)15(10)23-17(12)22/h1-8H,9H2,(H,20,21). The lowest BCUT2D eigenvalue weighted by atomic mass is 10.1. The van der Waals surface area contributed by atoms with Crippen molar-refractivity contribution >= 4 is 40.1 Å². The molecule has 1 amide bonds. The second kappa shape index (κ2) is 6.44. The van der Waals surface area contributed by atoms with Crippen molar-refractivity contribution in [2.24, 2.45) is 0 Å². The van der Waals surface area contributed by atoms with Crippen LogP contribution in [0.3, 0.4) is 0 Å². The average molecular weight is 348 g/mol. The second-order valence-electron chi connectivity index (χ2n) is 4.88. The molecule has 0 aliphatic rings. The molecule has 6 heteroatoms. The van der Waals surface area contributed by atoms with Gasteiger partial charge in [-0.1, -0.05) is 53.5 Å². The molecule has 0 aliphatic carbocycles. The summed E-state index contributed by atoms with van der Waals surface area (Å²) in [5, 5.41) is 4.11. The first kappa shape index (κ1) is 15.6. The molecule has 1 aromatic heterocycles. The lowest BCUT2D eigenvalue weighted by Crippen LogP contribution is -2.27. The van der Waals surface area contributed by atoms with Crippen molar-refractivity contribution in [3.05, 3.63) is 80.1 Å². The van der Waals surface area contributed by atoms with E-state index in [0.717, 1.165) is 5.56 Å². The van der Waals surface area contributed by atoms with Crippen molar-refractivity contribution in [3.63, 3.8) is 0 Å². The summed E-state index contributed by atoms with van der Waals surface area (Å²) in [6.07, 6.45) is 0. The number of para-hydroxylation sites is 1. The van der Waals surface area contributed by atoms with Crippen LogP contribution in [0.4, 0.5) is 0 Å². The van der Waals surface area contributed by atoms with E-state index in [4.69, 9.17) is 27.6 Å². The number of carbonyl (C=O) groups is 1. The summed E-state index contributed by atoms with van der Waals surface area (Å²) in [6.45, 7) is 0.214. The van der Waals surface area contributed by atoms with Crippen LogP contribution in [0.2, 0.25) is 10.0 Å². The highest BCUT2D eigenvalue weighted by Crippen LogP contribution is 2.22. The number of halogens is 2. The Hall–Kier alpha value is -2.30. The van der Waals surface area contributed by atoms with Gasteiger partial charge >= 0.3 is 5.63 Å². The fourth-order valence-electron chi connectivity index (χ4n) is 2.18. The van der Waals surface area contributed by atoms with E-state index in [-0.39, 0.29) is 17.7 Å². The predicted molar refractivity (Wildman–Crippen MR) is 90.1 cm³/mol. The minimum Gasteiger partial charge on any atom is -0.421 e. The van der Waals surface area contributed by atoms with E-state index >= 15 is 0 Å². The fraction of sp³-hybridized carbons (Fsp3) is 0.0588. The van der Waals surface area contributed by atoms with Crippen LogP contribution in [0.5, 0.6) is 0 Å². The molecule has 1 heterocycles. The molecule has 0 bridgehead atoms. The third-order valence-electron chi connectivity index (χ3n) is 3.35. The number of benzene rings is 2. The maximum absolute atomic E-state index is 12.2. The van der Waals surface area contributed by atoms with Gasteiger partial charge in [0, 0.05) is 17.0 Å². The van der Waals surface area contributed by atoms with Crippen LogP contribution in [0.15, 0.2) is 57.7 Å². The smallest absolute Gasteiger partial charge is 0.349 e. The van der Waals surface area contributed by atoms with Gasteiger partial charge in [-0.2, -0.15) is 0 Å². The monoisotopic (exact) mass is 347 g/mol. The van der Waals surface area contributed by atoms with Gasteiger partial charge in [-0.3, -0.25) is 4.79 Å². The summed E-state index contributed by atoms with van der Waals surface area (Å²) in [5.74, 6) is -0.527. The summed E-state index contributed by atoms with van der Waals surface area (Å²) in [5.41, 5.74) is 0.214. The van der Waals surface area contributed by atoms with E-state index in [9.17, 15) is 9.59 Å². The molecule has 0 fully saturated rings. The number of hydrogen-bond donors (Lipinski definition) is 1. The summed E-state index contributed by atoms with van der Waals surface area (Å²) in [6, 6.07) is 13.7. The van der Waals surface area contributed by atoms with Gasteiger partial charge in [-0.15, -0.1) is 0 Å². The number of nitrogens with one attached hydrogen (secondary N) is 1. The number of amides is 1. The minimum absolute atomic E-state index is 0.0770. The Morgan fingerprint density at radius 1 is 1.04 bits per heavy atom. The summed E-state index contributed by atoms with van der Waals surface area (Å²) in [7, 11) is 0. The van der Waals surface area contributed by atoms with E-state index in [0.29, 0.717) is 15.4 Å². The van der Waals surface area contributed by atoms with Gasteiger partial charge in [-0.25, -0.2) is 4.79 Å². The third-order valence-corrected chi connectivity index (χ3v) is 4.02. The van der Waals surface area contributed by atoms with Crippen molar-refractivity contribution in [1.82, 2.24) is 5.32 Å². The molecule has 4 nitrogen and oxygen atoms in total. The number of carbonyl (C=O) groups excluding carboxylic acids is 1. The molecule has 23 heavy (non-hydrogen) atoms. The second-order valence-corrected chi connectivity index (χ2v) is 5.69. The molecule has 2 aromatic carbocycles. The van der Waals surface area contributed by atoms with E-state index in [1.54, 1.807) is 36.4 Å². The Bertz CT molecular complexity index is 950. The lowest BCUT2D eigenvalue weighted by molar-refractivity contribution is 0.0947. The summed E-state index contributed by atoms with van der Waals surface area (Å²) >= 11 is 12.0. The first-order valence-corrected chi connectivity index (χ1v) is 7.56. The highest BCUT2D eigenvalue weighted by atomic mass is 35.5. The predicted octanol–water partition coefficient (Wildman–Crippen LogP) is 4.03. The molecule has 116 valence electrons. The van der Waals surface area contributed by atoms with Crippen molar-refractivity contribution in [2.45, 2.75) is 6.54 Å². The number of fused-ring (bicyclic) bond motifs is 1. The SMILES string of the molecule is O=C(NCc1ccccc1Cl)c1cc2cccc(Cl)c2oc1=O. The molecule has 0 radical (unpaired) electrons. The number of rotatable bonds is 3. The molecule has 0 atom stereocenters. The maximum atomic E-state index is 12.2. The molecule has 0 aliphatic heterocycles. The van der Waals surface area contributed by atoms with Gasteiger partial charge in [0.15, 0.2) is 5.58 Å². The molecular weight excluding hydrogens is 337 g/mol. The van der Waals surface area contributed by atoms with Crippen LogP contribution in [-0.2, 0) is 6.54 Å². The molecule has 0 unspecified atom stereocenters. The van der Waals surface area contributed by atoms with Gasteiger partial charge in [0.05, 0.1) is 5.02 Å². The zero-order valence-corrected chi connectivity index (χ0v) is 13.3. The lowest BCUT2D eigenvalue weighted by Gasteiger charge is -2.07. The van der Waals surface area contributed by atoms with E-state index in [1.165, 1.54) is 6.07 Å². The van der Waals surface area contributed by atoms with Crippen LogP contribution < -0.4 is 10.9 Å². The first-order chi connectivity index (χ1) is 11.1. The van der Waals surface area contributed by atoms with Crippen LogP contribution in [0.25, 0.3) is 11.0 Å². The largest absolute Gasteiger partial charge is 0.421 e. The van der Waals surface area contributed by atoms with Gasteiger partial charge in [0.2, 0.25) is 0 Å². The van der Waals surface area contributed by atoms with Crippen molar-refractivity contribution in [3.8, 4) is 0 Å². The van der Waals surface area contributed by atoms with Crippen LogP contribution in [-0.4, -0.2) is 5.91 Å². The van der Waals surface area contributed by atoms with Gasteiger partial charge in [-0.05, 0) is 23.8 Å². The molecule has 1 N–H and O–H groups in total. The Morgan fingerprint density at radius 2 is 1.78 bits per heavy atom. The molecule has 3 aromatic rings. The van der Waals surface area contributed by atoms with E-state index in [2.05, 4.69) is 5.32 Å². The average Bonchev–Trinajstić information content (AvgIpc) is 2.54. The van der Waals surface area contributed by atoms with Gasteiger partial charge < -0.3 is 9.73 Å². The van der Waals surface area contributed by atoms with Crippen LogP contribution >= 0.6 is 23.2 Å². The van der Waals surface area contributed by atoms with Crippen molar-refractivity contribution < 1.29 is 9.21 Å². The maximum Gasteiger partial charge on any atom is 0.349 e. The normalized spacial score (nSPS) is 10.7. The van der Waals surface area contributed by atoms with Crippen LogP contribution in [0, 0.1) is 0 Å². The van der Waals surface area contributed by atoms with E-state index < -0.39 is 11.5 Å². The zero-order valence-electron chi connectivity index (χ0n) is 11.8. The third kappa shape index (κ3) is 3.23. The topological polar surface area (TPSA) is 59.3 Å². The van der Waals surface area contributed by atoms with Gasteiger partial charge in [0.25, 0.3) is 5.91 Å². The van der Waals surface area contributed by atoms with Gasteiger partial charge in [0.1, 0.15) is 5.56 Å². The molecule has 0 saturated heterocycles. The Labute approximate surface area is 141 Å². The molecule has 3 rings (SSSR count). The Kier molecular flexibility index (Phi) is 4.37. The van der Waals surface area contributed by atoms with Crippen molar-refractivity contribution in [1.29, 1.82) is 0 Å².